The molecule has 0 unspecified atom stereocenters. The van der Waals surface area contributed by atoms with Crippen LogP contribution in [0.2, 0.25) is 0 Å². The topological polar surface area (TPSA) is 81.1 Å². The zero-order valence-electron chi connectivity index (χ0n) is 10.8. The van der Waals surface area contributed by atoms with Gasteiger partial charge in [0, 0.05) is 13.2 Å². The van der Waals surface area contributed by atoms with Gasteiger partial charge in [-0.15, -0.1) is 3.89 Å². The van der Waals surface area contributed by atoms with Gasteiger partial charge >= 0.3 is 10.2 Å². The lowest BCUT2D eigenvalue weighted by Crippen LogP contribution is -2.14. The van der Waals surface area contributed by atoms with Crippen molar-refractivity contribution in [2.75, 3.05) is 5.32 Å². The summed E-state index contributed by atoms with van der Waals surface area (Å²) in [6, 6.07) is 5.27. The summed E-state index contributed by atoms with van der Waals surface area (Å²) in [7, 11) is -3.25. The summed E-state index contributed by atoms with van der Waals surface area (Å²) in [6.45, 7) is 1.65. The van der Waals surface area contributed by atoms with E-state index in [4.69, 9.17) is 0 Å². The van der Waals surface area contributed by atoms with Gasteiger partial charge in [0.05, 0.1) is 16.9 Å². The molecule has 1 aromatic heterocycles. The van der Waals surface area contributed by atoms with Crippen LogP contribution in [0.5, 0.6) is 0 Å². The third-order valence-electron chi connectivity index (χ3n) is 2.66. The Morgan fingerprint density at radius 3 is 2.55 bits per heavy atom. The Morgan fingerprint density at radius 1 is 1.35 bits per heavy atom. The summed E-state index contributed by atoms with van der Waals surface area (Å²) in [4.78, 5) is 11.5. The summed E-state index contributed by atoms with van der Waals surface area (Å²) in [6.07, 6.45) is 1.50. The highest BCUT2D eigenvalue weighted by atomic mass is 32.3. The largest absolute Gasteiger partial charge is 0.334 e. The van der Waals surface area contributed by atoms with Gasteiger partial charge in [0.25, 0.3) is 5.91 Å². The van der Waals surface area contributed by atoms with Crippen molar-refractivity contribution in [2.24, 2.45) is 7.05 Å². The molecule has 0 aliphatic rings. The highest BCUT2D eigenvalue weighted by Gasteiger charge is 2.20. The molecule has 0 saturated heterocycles. The van der Waals surface area contributed by atoms with Crippen LogP contribution >= 0.6 is 0 Å². The molecular formula is C12H12FN3O3S. The molecule has 1 aromatic carbocycles. The van der Waals surface area contributed by atoms with Crippen LogP contribution in [0.4, 0.5) is 9.57 Å². The van der Waals surface area contributed by atoms with Crippen LogP contribution < -0.4 is 5.32 Å². The first-order chi connectivity index (χ1) is 9.29. The minimum Gasteiger partial charge on any atom is -0.321 e. The summed E-state index contributed by atoms with van der Waals surface area (Å²) >= 11 is 0. The molecular weight excluding hydrogens is 285 g/mol. The molecule has 0 aliphatic heterocycles. The second-order valence-corrected chi connectivity index (χ2v) is 5.51. The highest BCUT2D eigenvalue weighted by Crippen LogP contribution is 2.23. The summed E-state index contributed by atoms with van der Waals surface area (Å²) in [5.74, 6) is -0.549. The molecule has 1 amide bonds. The molecule has 2 rings (SSSR count). The lowest BCUT2D eigenvalue weighted by Gasteiger charge is -2.07. The van der Waals surface area contributed by atoms with Crippen LogP contribution in [0.15, 0.2) is 35.4 Å². The molecule has 0 radical (unpaired) electrons. The number of para-hydroxylation sites is 1. The van der Waals surface area contributed by atoms with Crippen molar-refractivity contribution >= 4 is 21.8 Å². The smallest absolute Gasteiger partial charge is 0.321 e. The van der Waals surface area contributed by atoms with E-state index in [1.165, 1.54) is 29.1 Å². The molecule has 0 bridgehead atoms. The molecule has 106 valence electrons. The zero-order valence-corrected chi connectivity index (χ0v) is 11.6. The van der Waals surface area contributed by atoms with Crippen molar-refractivity contribution in [1.29, 1.82) is 0 Å². The summed E-state index contributed by atoms with van der Waals surface area (Å²) < 4.78 is 36.6. The van der Waals surface area contributed by atoms with Crippen molar-refractivity contribution in [2.45, 2.75) is 11.8 Å². The fourth-order valence-corrected chi connectivity index (χ4v) is 2.42. The Labute approximate surface area is 115 Å². The Balaban J connectivity index is 2.36. The van der Waals surface area contributed by atoms with Gasteiger partial charge in [0.1, 0.15) is 4.90 Å². The van der Waals surface area contributed by atoms with Crippen LogP contribution in [0.1, 0.15) is 16.1 Å². The number of benzene rings is 1. The number of nitrogens with one attached hydrogen (secondary N) is 1. The van der Waals surface area contributed by atoms with E-state index in [1.54, 1.807) is 14.0 Å². The van der Waals surface area contributed by atoms with Crippen LogP contribution in [-0.4, -0.2) is 24.1 Å². The number of amides is 1. The van der Waals surface area contributed by atoms with Crippen LogP contribution in [-0.2, 0) is 17.3 Å². The lowest BCUT2D eigenvalue weighted by atomic mass is 10.2. The molecule has 0 fully saturated rings. The van der Waals surface area contributed by atoms with Gasteiger partial charge < -0.3 is 5.32 Å². The maximum Gasteiger partial charge on any atom is 0.334 e. The predicted octanol–water partition coefficient (Wildman–Crippen LogP) is 1.64. The number of hydrogen-bond acceptors (Lipinski definition) is 4. The predicted molar refractivity (Wildman–Crippen MR) is 70.6 cm³/mol. The van der Waals surface area contributed by atoms with E-state index < -0.39 is 21.0 Å². The van der Waals surface area contributed by atoms with E-state index in [0.717, 1.165) is 6.07 Å². The van der Waals surface area contributed by atoms with Crippen LogP contribution in [0.25, 0.3) is 0 Å². The first-order valence-electron chi connectivity index (χ1n) is 5.64. The Bertz CT molecular complexity index is 768. The number of anilines is 1. The first-order valence-corrected chi connectivity index (χ1v) is 7.02. The fraction of sp³-hybridized carbons (Fsp3) is 0.167. The van der Waals surface area contributed by atoms with Gasteiger partial charge in [0.2, 0.25) is 0 Å². The lowest BCUT2D eigenvalue weighted by molar-refractivity contribution is 0.102. The molecule has 1 heterocycles. The summed E-state index contributed by atoms with van der Waals surface area (Å²) in [5.41, 5.74) is 0.674. The number of carbonyl (C=O) groups excluding carboxylic acids is 1. The molecule has 1 N–H and O–H groups in total. The van der Waals surface area contributed by atoms with Gasteiger partial charge in [-0.1, -0.05) is 12.1 Å². The van der Waals surface area contributed by atoms with E-state index in [2.05, 4.69) is 10.4 Å². The molecule has 0 atom stereocenters. The van der Waals surface area contributed by atoms with E-state index in [-0.39, 0.29) is 5.69 Å². The van der Waals surface area contributed by atoms with E-state index >= 15 is 0 Å². The molecule has 0 saturated carbocycles. The number of carbonyl (C=O) groups is 1. The quantitative estimate of drug-likeness (QED) is 0.873. The number of nitrogens with zero attached hydrogens (tertiary/aromatic N) is 2. The second kappa shape index (κ2) is 5.04. The molecule has 20 heavy (non-hydrogen) atoms. The molecule has 8 heteroatoms. The monoisotopic (exact) mass is 297 g/mol. The second-order valence-electron chi connectivity index (χ2n) is 4.19. The molecule has 6 nitrogen and oxygen atoms in total. The van der Waals surface area contributed by atoms with Crippen molar-refractivity contribution in [3.8, 4) is 0 Å². The van der Waals surface area contributed by atoms with Gasteiger partial charge in [-0.05, 0) is 19.1 Å². The minimum atomic E-state index is -4.90. The number of aromatic nitrogens is 2. The van der Waals surface area contributed by atoms with Gasteiger partial charge in [-0.2, -0.15) is 13.5 Å². The van der Waals surface area contributed by atoms with Gasteiger partial charge in [-0.25, -0.2) is 0 Å². The van der Waals surface area contributed by atoms with Gasteiger partial charge in [-0.3, -0.25) is 9.48 Å². The van der Waals surface area contributed by atoms with E-state index in [1.807, 2.05) is 0 Å². The molecule has 0 spiro atoms. The van der Waals surface area contributed by atoms with E-state index in [9.17, 15) is 17.1 Å². The SMILES string of the molecule is Cc1nn(C)cc1C(=O)Nc1ccccc1S(=O)(=O)F. The number of rotatable bonds is 3. The third-order valence-corrected chi connectivity index (χ3v) is 3.54. The van der Waals surface area contributed by atoms with Crippen LogP contribution in [0.3, 0.4) is 0 Å². The average Bonchev–Trinajstić information content (AvgIpc) is 2.68. The first kappa shape index (κ1) is 14.2. The van der Waals surface area contributed by atoms with Crippen LogP contribution in [0, 0.1) is 6.92 Å². The fourth-order valence-electron chi connectivity index (χ4n) is 1.79. The maximum atomic E-state index is 13.1. The average molecular weight is 297 g/mol. The number of hydrogen-bond donors (Lipinski definition) is 1. The maximum absolute atomic E-state index is 13.1. The van der Waals surface area contributed by atoms with Crippen molar-refractivity contribution in [3.05, 3.63) is 41.7 Å². The Hall–Kier alpha value is -2.22. The van der Waals surface area contributed by atoms with Crippen molar-refractivity contribution in [1.82, 2.24) is 9.78 Å². The number of aryl methyl sites for hydroxylation is 2. The molecule has 0 aliphatic carbocycles. The highest BCUT2D eigenvalue weighted by molar-refractivity contribution is 7.86. The number of halogens is 1. The van der Waals surface area contributed by atoms with Gasteiger partial charge in [0.15, 0.2) is 0 Å². The van der Waals surface area contributed by atoms with Crippen molar-refractivity contribution in [3.63, 3.8) is 0 Å². The Morgan fingerprint density at radius 2 is 2.00 bits per heavy atom. The zero-order chi connectivity index (χ0) is 14.9. The minimum absolute atomic E-state index is 0.108. The standard InChI is InChI=1S/C12H12FN3O3S/c1-8-9(7-16(2)15-8)12(17)14-10-5-3-4-6-11(10)20(13,18)19/h3-7H,1-2H3,(H,14,17). The third kappa shape index (κ3) is 2.85. The molecule has 2 aromatic rings. The van der Waals surface area contributed by atoms with E-state index in [0.29, 0.717) is 11.3 Å². The summed E-state index contributed by atoms with van der Waals surface area (Å²) in [5, 5.41) is 6.38. The van der Waals surface area contributed by atoms with Crippen molar-refractivity contribution < 1.29 is 17.1 Å². The normalized spacial score (nSPS) is 11.3. The Kier molecular flexibility index (Phi) is 3.58.